The molecule has 0 aromatic heterocycles. The van der Waals surface area contributed by atoms with Crippen molar-refractivity contribution in [2.24, 2.45) is 5.41 Å². The first kappa shape index (κ1) is 15.6. The molecular weight excluding hydrogens is 240 g/mol. The van der Waals surface area contributed by atoms with Crippen molar-refractivity contribution in [1.29, 1.82) is 0 Å². The summed E-state index contributed by atoms with van der Waals surface area (Å²) in [5.74, 6) is 2.47. The van der Waals surface area contributed by atoms with Gasteiger partial charge < -0.3 is 10.2 Å². The lowest BCUT2D eigenvalue weighted by Crippen LogP contribution is -2.68. The van der Waals surface area contributed by atoms with Crippen LogP contribution in [-0.2, 0) is 9.59 Å². The SMILES string of the molecule is C#CCC(C)N1C(=O)C(C(C)(C)C)NC(=O)C1CC. The number of nitrogens with one attached hydrogen (secondary N) is 1. The van der Waals surface area contributed by atoms with Crippen LogP contribution in [0.2, 0.25) is 0 Å². The zero-order valence-corrected chi connectivity index (χ0v) is 12.5. The molecule has 1 aliphatic heterocycles. The highest BCUT2D eigenvalue weighted by molar-refractivity contribution is 5.97. The van der Waals surface area contributed by atoms with E-state index >= 15 is 0 Å². The van der Waals surface area contributed by atoms with Crippen LogP contribution in [0.15, 0.2) is 0 Å². The van der Waals surface area contributed by atoms with Gasteiger partial charge in [0.25, 0.3) is 0 Å². The smallest absolute Gasteiger partial charge is 0.246 e. The maximum Gasteiger partial charge on any atom is 0.246 e. The van der Waals surface area contributed by atoms with Crippen LogP contribution in [-0.4, -0.2) is 34.8 Å². The third kappa shape index (κ3) is 3.09. The standard InChI is InChI=1S/C15H24N2O2/c1-7-9-10(3)17-11(8-2)13(18)16-12(14(17)19)15(4,5)6/h1,10-12H,8-9H2,2-6H3,(H,16,18). The fourth-order valence-corrected chi connectivity index (χ4v) is 2.49. The molecule has 3 atom stereocenters. The number of nitrogens with zero attached hydrogens (tertiary/aromatic N) is 1. The molecule has 0 aromatic carbocycles. The van der Waals surface area contributed by atoms with Gasteiger partial charge in [-0.15, -0.1) is 12.3 Å². The number of terminal acetylenes is 1. The third-order valence-electron chi connectivity index (χ3n) is 3.57. The number of amides is 2. The Hall–Kier alpha value is -1.50. The molecule has 1 N–H and O–H groups in total. The fourth-order valence-electron chi connectivity index (χ4n) is 2.49. The Balaban J connectivity index is 3.10. The minimum atomic E-state index is -0.483. The van der Waals surface area contributed by atoms with Crippen molar-refractivity contribution in [1.82, 2.24) is 10.2 Å². The highest BCUT2D eigenvalue weighted by atomic mass is 16.2. The van der Waals surface area contributed by atoms with Crippen molar-refractivity contribution in [3.8, 4) is 12.3 Å². The first-order valence-electron chi connectivity index (χ1n) is 6.80. The van der Waals surface area contributed by atoms with Crippen LogP contribution in [0.3, 0.4) is 0 Å². The molecule has 1 fully saturated rings. The summed E-state index contributed by atoms with van der Waals surface area (Å²) < 4.78 is 0. The largest absolute Gasteiger partial charge is 0.342 e. The molecule has 4 nitrogen and oxygen atoms in total. The summed E-state index contributed by atoms with van der Waals surface area (Å²) in [7, 11) is 0. The van der Waals surface area contributed by atoms with Crippen LogP contribution in [0.5, 0.6) is 0 Å². The van der Waals surface area contributed by atoms with Gasteiger partial charge >= 0.3 is 0 Å². The van der Waals surface area contributed by atoms with Crippen LogP contribution in [0.1, 0.15) is 47.5 Å². The minimum absolute atomic E-state index is 0.0262. The van der Waals surface area contributed by atoms with Gasteiger partial charge in [0, 0.05) is 12.5 Å². The van der Waals surface area contributed by atoms with Crippen LogP contribution in [0, 0.1) is 17.8 Å². The molecule has 0 aliphatic carbocycles. The second-order valence-electron chi connectivity index (χ2n) is 6.23. The zero-order valence-electron chi connectivity index (χ0n) is 12.5. The first-order chi connectivity index (χ1) is 8.73. The summed E-state index contributed by atoms with van der Waals surface area (Å²) in [6, 6.07) is -1.00. The van der Waals surface area contributed by atoms with Gasteiger partial charge in [0.05, 0.1) is 0 Å². The van der Waals surface area contributed by atoms with E-state index in [9.17, 15) is 9.59 Å². The van der Waals surface area contributed by atoms with E-state index in [4.69, 9.17) is 6.42 Å². The molecule has 106 valence electrons. The van der Waals surface area contributed by atoms with E-state index in [1.807, 2.05) is 34.6 Å². The molecule has 2 amide bonds. The summed E-state index contributed by atoms with van der Waals surface area (Å²) in [6.07, 6.45) is 6.40. The molecule has 0 saturated carbocycles. The van der Waals surface area contributed by atoms with Crippen molar-refractivity contribution in [3.05, 3.63) is 0 Å². The molecule has 1 aliphatic rings. The Kier molecular flexibility index (Phi) is 4.62. The van der Waals surface area contributed by atoms with Crippen molar-refractivity contribution >= 4 is 11.8 Å². The maximum absolute atomic E-state index is 12.6. The average molecular weight is 264 g/mol. The van der Waals surface area contributed by atoms with E-state index in [0.29, 0.717) is 12.8 Å². The molecule has 0 aromatic rings. The zero-order chi connectivity index (χ0) is 14.8. The molecule has 1 rings (SSSR count). The third-order valence-corrected chi connectivity index (χ3v) is 3.57. The van der Waals surface area contributed by atoms with Gasteiger partial charge in [0.2, 0.25) is 11.8 Å². The lowest BCUT2D eigenvalue weighted by atomic mass is 9.83. The van der Waals surface area contributed by atoms with E-state index in [2.05, 4.69) is 11.2 Å². The predicted octanol–water partition coefficient (Wildman–Crippen LogP) is 1.55. The van der Waals surface area contributed by atoms with Gasteiger partial charge in [-0.25, -0.2) is 0 Å². The summed E-state index contributed by atoms with van der Waals surface area (Å²) >= 11 is 0. The van der Waals surface area contributed by atoms with Crippen LogP contribution < -0.4 is 5.32 Å². The van der Waals surface area contributed by atoms with Gasteiger partial charge in [0.15, 0.2) is 0 Å². The molecule has 19 heavy (non-hydrogen) atoms. The number of carbonyl (C=O) groups excluding carboxylic acids is 2. The number of hydrogen-bond donors (Lipinski definition) is 1. The number of piperazine rings is 1. The van der Waals surface area contributed by atoms with Crippen LogP contribution in [0.4, 0.5) is 0 Å². The molecule has 1 heterocycles. The van der Waals surface area contributed by atoms with E-state index < -0.39 is 12.1 Å². The van der Waals surface area contributed by atoms with E-state index in [1.54, 1.807) is 4.90 Å². The molecule has 4 heteroatoms. The lowest BCUT2D eigenvalue weighted by molar-refractivity contribution is -0.155. The molecule has 3 unspecified atom stereocenters. The van der Waals surface area contributed by atoms with Crippen molar-refractivity contribution in [2.45, 2.75) is 65.6 Å². The Morgan fingerprint density at radius 3 is 2.42 bits per heavy atom. The number of hydrogen-bond acceptors (Lipinski definition) is 2. The Morgan fingerprint density at radius 1 is 1.42 bits per heavy atom. The Labute approximate surface area is 115 Å². The first-order valence-corrected chi connectivity index (χ1v) is 6.80. The molecule has 1 saturated heterocycles. The normalized spacial score (nSPS) is 25.8. The highest BCUT2D eigenvalue weighted by Crippen LogP contribution is 2.27. The van der Waals surface area contributed by atoms with Crippen LogP contribution in [0.25, 0.3) is 0 Å². The van der Waals surface area contributed by atoms with Gasteiger partial charge in [-0.2, -0.15) is 0 Å². The molecular formula is C15H24N2O2. The van der Waals surface area contributed by atoms with Crippen molar-refractivity contribution in [3.63, 3.8) is 0 Å². The van der Waals surface area contributed by atoms with Crippen molar-refractivity contribution < 1.29 is 9.59 Å². The second kappa shape index (κ2) is 5.64. The lowest BCUT2D eigenvalue weighted by Gasteiger charge is -2.45. The molecule has 0 spiro atoms. The van der Waals surface area contributed by atoms with Gasteiger partial charge in [0.1, 0.15) is 12.1 Å². The Bertz CT molecular complexity index is 403. The van der Waals surface area contributed by atoms with E-state index in [-0.39, 0.29) is 23.3 Å². The number of rotatable bonds is 3. The summed E-state index contributed by atoms with van der Waals surface area (Å²) in [4.78, 5) is 26.5. The fraction of sp³-hybridized carbons (Fsp3) is 0.733. The summed E-state index contributed by atoms with van der Waals surface area (Å²) in [5, 5.41) is 2.85. The average Bonchev–Trinajstić information content (AvgIpc) is 2.29. The van der Waals surface area contributed by atoms with Crippen molar-refractivity contribution in [2.75, 3.05) is 0 Å². The van der Waals surface area contributed by atoms with E-state index in [0.717, 1.165) is 0 Å². The summed E-state index contributed by atoms with van der Waals surface area (Å²) in [5.41, 5.74) is -0.306. The molecule has 0 bridgehead atoms. The second-order valence-corrected chi connectivity index (χ2v) is 6.23. The van der Waals surface area contributed by atoms with E-state index in [1.165, 1.54) is 0 Å². The molecule has 0 radical (unpaired) electrons. The highest BCUT2D eigenvalue weighted by Gasteiger charge is 2.45. The number of carbonyl (C=O) groups is 2. The monoisotopic (exact) mass is 264 g/mol. The predicted molar refractivity (Wildman–Crippen MR) is 75.2 cm³/mol. The van der Waals surface area contributed by atoms with Crippen LogP contribution >= 0.6 is 0 Å². The quantitative estimate of drug-likeness (QED) is 0.786. The maximum atomic E-state index is 12.6. The Morgan fingerprint density at radius 2 is 2.00 bits per heavy atom. The topological polar surface area (TPSA) is 49.4 Å². The summed E-state index contributed by atoms with van der Waals surface area (Å²) in [6.45, 7) is 9.66. The minimum Gasteiger partial charge on any atom is -0.342 e. The van der Waals surface area contributed by atoms with Gasteiger partial charge in [-0.05, 0) is 18.8 Å². The van der Waals surface area contributed by atoms with Gasteiger partial charge in [-0.1, -0.05) is 27.7 Å². The van der Waals surface area contributed by atoms with Gasteiger partial charge in [-0.3, -0.25) is 9.59 Å².